The molecule has 0 spiro atoms. The number of carbonyl (C=O) groups excluding carboxylic acids is 2. The maximum atomic E-state index is 13.2. The summed E-state index contributed by atoms with van der Waals surface area (Å²) >= 11 is 0. The molecule has 0 saturated carbocycles. The molecule has 0 bridgehead atoms. The number of rotatable bonds is 4. The van der Waals surface area contributed by atoms with Gasteiger partial charge in [0.2, 0.25) is 10.0 Å². The molecule has 0 aliphatic carbocycles. The van der Waals surface area contributed by atoms with Crippen LogP contribution in [0.2, 0.25) is 0 Å². The minimum atomic E-state index is -3.58. The molecule has 1 aliphatic heterocycles. The molecule has 0 radical (unpaired) electrons. The van der Waals surface area contributed by atoms with Gasteiger partial charge in [0.25, 0.3) is 11.8 Å². The van der Waals surface area contributed by atoms with Crippen LogP contribution in [-0.2, 0) is 10.0 Å². The molecule has 0 aromatic heterocycles. The van der Waals surface area contributed by atoms with Gasteiger partial charge in [0.1, 0.15) is 0 Å². The van der Waals surface area contributed by atoms with E-state index < -0.39 is 33.5 Å². The molecule has 0 atom stereocenters. The summed E-state index contributed by atoms with van der Waals surface area (Å²) in [6.07, 6.45) is 1.63. The standard InChI is InChI=1S/C18H17F2N3O4S/c19-15-8-5-13(11-16(15)20)18(25)22-21-17(24)12-3-6-14(7-4-12)28(26,27)23-9-1-2-10-23/h3-8,11H,1-2,9-10H2,(H,21,24)(H,22,25). The van der Waals surface area contributed by atoms with Gasteiger partial charge in [0, 0.05) is 24.2 Å². The van der Waals surface area contributed by atoms with E-state index in [1.807, 2.05) is 0 Å². The number of nitrogens with zero attached hydrogens (tertiary/aromatic N) is 1. The van der Waals surface area contributed by atoms with E-state index in [0.717, 1.165) is 25.0 Å². The molecule has 2 aromatic rings. The fourth-order valence-corrected chi connectivity index (χ4v) is 4.27. The van der Waals surface area contributed by atoms with Crippen molar-refractivity contribution >= 4 is 21.8 Å². The number of carbonyl (C=O) groups is 2. The molecule has 28 heavy (non-hydrogen) atoms. The fraction of sp³-hybridized carbons (Fsp3) is 0.222. The second-order valence-corrected chi connectivity index (χ2v) is 8.11. The molecule has 1 aliphatic rings. The predicted molar refractivity (Wildman–Crippen MR) is 95.7 cm³/mol. The third kappa shape index (κ3) is 4.18. The average Bonchev–Trinajstić information content (AvgIpc) is 3.24. The van der Waals surface area contributed by atoms with Crippen LogP contribution >= 0.6 is 0 Å². The summed E-state index contributed by atoms with van der Waals surface area (Å²) in [7, 11) is -3.58. The molecular formula is C18H17F2N3O4S. The first-order valence-corrected chi connectivity index (χ1v) is 9.89. The monoisotopic (exact) mass is 409 g/mol. The van der Waals surface area contributed by atoms with Gasteiger partial charge >= 0.3 is 0 Å². The number of hydrazine groups is 1. The van der Waals surface area contributed by atoms with Crippen molar-refractivity contribution in [2.45, 2.75) is 17.7 Å². The molecule has 2 N–H and O–H groups in total. The van der Waals surface area contributed by atoms with E-state index in [1.165, 1.54) is 28.6 Å². The molecule has 10 heteroatoms. The highest BCUT2D eigenvalue weighted by Crippen LogP contribution is 2.21. The number of hydrogen-bond donors (Lipinski definition) is 2. The molecule has 0 unspecified atom stereocenters. The van der Waals surface area contributed by atoms with E-state index >= 15 is 0 Å². The van der Waals surface area contributed by atoms with Crippen LogP contribution in [-0.4, -0.2) is 37.6 Å². The Kier molecular flexibility index (Phi) is 5.71. The summed E-state index contributed by atoms with van der Waals surface area (Å²) in [4.78, 5) is 24.1. The molecular weight excluding hydrogens is 392 g/mol. The van der Waals surface area contributed by atoms with Crippen molar-refractivity contribution in [2.24, 2.45) is 0 Å². The zero-order valence-electron chi connectivity index (χ0n) is 14.6. The van der Waals surface area contributed by atoms with Crippen LogP contribution in [0, 0.1) is 11.6 Å². The molecule has 7 nitrogen and oxygen atoms in total. The first-order chi connectivity index (χ1) is 13.3. The quantitative estimate of drug-likeness (QED) is 0.753. The Balaban J connectivity index is 1.63. The number of amides is 2. The highest BCUT2D eigenvalue weighted by atomic mass is 32.2. The first-order valence-electron chi connectivity index (χ1n) is 8.45. The van der Waals surface area contributed by atoms with Crippen LogP contribution in [0.4, 0.5) is 8.78 Å². The van der Waals surface area contributed by atoms with Gasteiger partial charge < -0.3 is 0 Å². The minimum Gasteiger partial charge on any atom is -0.267 e. The smallest absolute Gasteiger partial charge is 0.267 e. The number of sulfonamides is 1. The van der Waals surface area contributed by atoms with E-state index in [4.69, 9.17) is 0 Å². The van der Waals surface area contributed by atoms with Crippen molar-refractivity contribution in [1.82, 2.24) is 15.2 Å². The average molecular weight is 409 g/mol. The van der Waals surface area contributed by atoms with Gasteiger partial charge in [-0.1, -0.05) is 0 Å². The summed E-state index contributed by atoms with van der Waals surface area (Å²) in [5.74, 6) is -3.81. The van der Waals surface area contributed by atoms with Gasteiger partial charge in [-0.05, 0) is 55.3 Å². The fourth-order valence-electron chi connectivity index (χ4n) is 2.75. The van der Waals surface area contributed by atoms with Crippen LogP contribution in [0.1, 0.15) is 33.6 Å². The van der Waals surface area contributed by atoms with Crippen LogP contribution in [0.3, 0.4) is 0 Å². The van der Waals surface area contributed by atoms with E-state index in [1.54, 1.807) is 0 Å². The third-order valence-corrected chi connectivity index (χ3v) is 6.20. The Morgan fingerprint density at radius 2 is 1.36 bits per heavy atom. The van der Waals surface area contributed by atoms with Crippen molar-refractivity contribution in [1.29, 1.82) is 0 Å². The molecule has 1 saturated heterocycles. The summed E-state index contributed by atoms with van der Waals surface area (Å²) < 4.78 is 52.3. The van der Waals surface area contributed by atoms with Crippen molar-refractivity contribution in [3.8, 4) is 0 Å². The van der Waals surface area contributed by atoms with Gasteiger partial charge in [-0.15, -0.1) is 0 Å². The predicted octanol–water partition coefficient (Wildman–Crippen LogP) is 1.82. The molecule has 3 rings (SSSR count). The van der Waals surface area contributed by atoms with Crippen LogP contribution in [0.5, 0.6) is 0 Å². The molecule has 2 amide bonds. The van der Waals surface area contributed by atoms with Gasteiger partial charge in [-0.3, -0.25) is 20.4 Å². The lowest BCUT2D eigenvalue weighted by Gasteiger charge is -2.15. The maximum absolute atomic E-state index is 13.2. The second kappa shape index (κ2) is 8.03. The lowest BCUT2D eigenvalue weighted by molar-refractivity contribution is 0.0846. The van der Waals surface area contributed by atoms with Crippen LogP contribution in [0.15, 0.2) is 47.4 Å². The lowest BCUT2D eigenvalue weighted by atomic mass is 10.2. The van der Waals surface area contributed by atoms with Crippen molar-refractivity contribution in [2.75, 3.05) is 13.1 Å². The minimum absolute atomic E-state index is 0.0803. The Morgan fingerprint density at radius 1 is 0.821 bits per heavy atom. The maximum Gasteiger partial charge on any atom is 0.269 e. The van der Waals surface area contributed by atoms with Crippen LogP contribution in [0.25, 0.3) is 0 Å². The molecule has 1 fully saturated rings. The Hall–Kier alpha value is -2.85. The van der Waals surface area contributed by atoms with Crippen molar-refractivity contribution in [3.05, 3.63) is 65.2 Å². The summed E-state index contributed by atoms with van der Waals surface area (Å²) in [5, 5.41) is 0. The number of hydrogen-bond acceptors (Lipinski definition) is 4. The summed E-state index contributed by atoms with van der Waals surface area (Å²) in [6, 6.07) is 7.85. The normalized spacial score (nSPS) is 14.6. The van der Waals surface area contributed by atoms with Gasteiger partial charge in [-0.25, -0.2) is 17.2 Å². The Morgan fingerprint density at radius 3 is 1.93 bits per heavy atom. The van der Waals surface area contributed by atoms with Gasteiger partial charge in [0.05, 0.1) is 4.90 Å². The topological polar surface area (TPSA) is 95.6 Å². The number of nitrogens with one attached hydrogen (secondary N) is 2. The van der Waals surface area contributed by atoms with E-state index in [-0.39, 0.29) is 16.0 Å². The van der Waals surface area contributed by atoms with Gasteiger partial charge in [-0.2, -0.15) is 4.31 Å². The number of benzene rings is 2. The first kappa shape index (κ1) is 19.9. The molecule has 2 aromatic carbocycles. The molecule has 148 valence electrons. The Labute approximate surface area is 160 Å². The van der Waals surface area contributed by atoms with E-state index in [9.17, 15) is 26.8 Å². The zero-order chi connectivity index (χ0) is 20.3. The SMILES string of the molecule is O=C(NNC(=O)c1ccc(F)c(F)c1)c1ccc(S(=O)(=O)N2CCCC2)cc1. The highest BCUT2D eigenvalue weighted by molar-refractivity contribution is 7.89. The molecule has 1 heterocycles. The Bertz CT molecular complexity index is 1000. The summed E-state index contributed by atoms with van der Waals surface area (Å²) in [5.41, 5.74) is 4.15. The highest BCUT2D eigenvalue weighted by Gasteiger charge is 2.27. The van der Waals surface area contributed by atoms with Crippen molar-refractivity contribution in [3.63, 3.8) is 0 Å². The third-order valence-electron chi connectivity index (χ3n) is 4.29. The zero-order valence-corrected chi connectivity index (χ0v) is 15.4. The summed E-state index contributed by atoms with van der Waals surface area (Å²) in [6.45, 7) is 0.946. The van der Waals surface area contributed by atoms with Crippen molar-refractivity contribution < 1.29 is 26.8 Å². The number of halogens is 2. The van der Waals surface area contributed by atoms with E-state index in [2.05, 4.69) is 10.9 Å². The van der Waals surface area contributed by atoms with Crippen LogP contribution < -0.4 is 10.9 Å². The van der Waals surface area contributed by atoms with Gasteiger partial charge in [0.15, 0.2) is 11.6 Å². The lowest BCUT2D eigenvalue weighted by Crippen LogP contribution is -2.41. The second-order valence-electron chi connectivity index (χ2n) is 6.17. The largest absolute Gasteiger partial charge is 0.269 e. The van der Waals surface area contributed by atoms with E-state index in [0.29, 0.717) is 19.2 Å².